The van der Waals surface area contributed by atoms with E-state index in [2.05, 4.69) is 85.3 Å². The van der Waals surface area contributed by atoms with Gasteiger partial charge in [0.05, 0.1) is 22.1 Å². The Bertz CT molecular complexity index is 1730. The van der Waals surface area contributed by atoms with E-state index in [-0.39, 0.29) is 0 Å². The molecular weight excluding hydrogens is 406 g/mol. The number of fused-ring (bicyclic) bond motifs is 7. The molecule has 3 aromatic heterocycles. The summed E-state index contributed by atoms with van der Waals surface area (Å²) in [5.41, 5.74) is 4.27. The van der Waals surface area contributed by atoms with Crippen LogP contribution in [0.1, 0.15) is 6.92 Å². The van der Waals surface area contributed by atoms with Crippen LogP contribution >= 0.6 is 0 Å². The molecule has 0 bridgehead atoms. The van der Waals surface area contributed by atoms with E-state index >= 15 is 0 Å². The second kappa shape index (κ2) is 7.57. The summed E-state index contributed by atoms with van der Waals surface area (Å²) >= 11 is 0. The van der Waals surface area contributed by atoms with E-state index in [0.717, 1.165) is 38.2 Å². The Labute approximate surface area is 190 Å². The molecule has 0 radical (unpaired) electrons. The summed E-state index contributed by atoms with van der Waals surface area (Å²) in [5, 5.41) is 4.61. The summed E-state index contributed by atoms with van der Waals surface area (Å²) < 4.78 is 4.29. The lowest BCUT2D eigenvalue weighted by molar-refractivity contribution is 0.988. The molecule has 0 saturated carbocycles. The Morgan fingerprint density at radius 2 is 1.55 bits per heavy atom. The minimum absolute atomic E-state index is 0.649. The van der Waals surface area contributed by atoms with Crippen LogP contribution in [-0.4, -0.2) is 25.3 Å². The van der Waals surface area contributed by atoms with Gasteiger partial charge in [-0.2, -0.15) is 0 Å². The van der Waals surface area contributed by atoms with E-state index in [0.29, 0.717) is 11.8 Å². The summed E-state index contributed by atoms with van der Waals surface area (Å²) in [7, 11) is 0. The second-order valence-electron chi connectivity index (χ2n) is 7.83. The molecule has 6 aromatic rings. The smallest absolute Gasteiger partial charge is 0.234 e. The Kier molecular flexibility index (Phi) is 4.40. The van der Waals surface area contributed by atoms with Gasteiger partial charge in [-0.05, 0) is 37.3 Å². The van der Waals surface area contributed by atoms with Crippen molar-refractivity contribution in [1.82, 2.24) is 19.1 Å². The monoisotopic (exact) mass is 427 g/mol. The van der Waals surface area contributed by atoms with Gasteiger partial charge in [-0.15, -0.1) is 0 Å². The van der Waals surface area contributed by atoms with Gasteiger partial charge in [0.1, 0.15) is 5.82 Å². The SMILES string of the molecule is C=C(/N=C\C=C/C)n1c2ccccc2c2ccc3c(c4ccccc4n3-c3ncccn3)c21. The van der Waals surface area contributed by atoms with Crippen molar-refractivity contribution in [3.63, 3.8) is 0 Å². The molecule has 3 aromatic carbocycles. The predicted molar refractivity (Wildman–Crippen MR) is 138 cm³/mol. The summed E-state index contributed by atoms with van der Waals surface area (Å²) in [6.45, 7) is 6.29. The number of benzene rings is 3. The topological polar surface area (TPSA) is 48.0 Å². The number of allylic oxidation sites excluding steroid dienone is 2. The van der Waals surface area contributed by atoms with Gasteiger partial charge in [0.15, 0.2) is 0 Å². The van der Waals surface area contributed by atoms with Crippen LogP contribution in [0.25, 0.3) is 55.4 Å². The number of rotatable bonds is 4. The van der Waals surface area contributed by atoms with Gasteiger partial charge in [0, 0.05) is 40.2 Å². The van der Waals surface area contributed by atoms with E-state index in [4.69, 9.17) is 0 Å². The van der Waals surface area contributed by atoms with Crippen molar-refractivity contribution in [3.8, 4) is 5.95 Å². The molecule has 5 heteroatoms. The number of aromatic nitrogens is 4. The maximum atomic E-state index is 4.63. The first-order valence-corrected chi connectivity index (χ1v) is 10.9. The molecule has 0 atom stereocenters. The largest absolute Gasteiger partial charge is 0.294 e. The molecule has 0 aliphatic heterocycles. The minimum atomic E-state index is 0.649. The fourth-order valence-corrected chi connectivity index (χ4v) is 4.67. The summed E-state index contributed by atoms with van der Waals surface area (Å²) in [4.78, 5) is 13.7. The zero-order chi connectivity index (χ0) is 22.4. The van der Waals surface area contributed by atoms with Crippen molar-refractivity contribution in [1.29, 1.82) is 0 Å². The molecule has 0 saturated heterocycles. The van der Waals surface area contributed by atoms with Crippen molar-refractivity contribution >= 4 is 55.6 Å². The summed E-state index contributed by atoms with van der Waals surface area (Å²) in [5.74, 6) is 1.32. The molecule has 0 aliphatic rings. The van der Waals surface area contributed by atoms with E-state index < -0.39 is 0 Å². The third kappa shape index (κ3) is 2.83. The van der Waals surface area contributed by atoms with Crippen LogP contribution in [0.4, 0.5) is 0 Å². The first kappa shape index (κ1) is 19.2. The normalized spacial score (nSPS) is 12.3. The van der Waals surface area contributed by atoms with Crippen LogP contribution in [-0.2, 0) is 0 Å². The quantitative estimate of drug-likeness (QED) is 0.292. The number of aliphatic imine (C=N–C) groups is 1. The highest BCUT2D eigenvalue weighted by Gasteiger charge is 2.21. The van der Waals surface area contributed by atoms with Crippen LogP contribution in [0.5, 0.6) is 0 Å². The molecule has 0 spiro atoms. The first-order chi connectivity index (χ1) is 16.3. The Balaban J connectivity index is 1.83. The van der Waals surface area contributed by atoms with Crippen LogP contribution in [0.15, 0.2) is 103 Å². The highest BCUT2D eigenvalue weighted by atomic mass is 15.2. The van der Waals surface area contributed by atoms with E-state index in [9.17, 15) is 0 Å². The number of nitrogens with zero attached hydrogens (tertiary/aromatic N) is 5. The van der Waals surface area contributed by atoms with Crippen molar-refractivity contribution < 1.29 is 0 Å². The third-order valence-corrected chi connectivity index (χ3v) is 5.98. The summed E-state index contributed by atoms with van der Waals surface area (Å²) in [6.07, 6.45) is 9.19. The number of para-hydroxylation sites is 2. The molecule has 0 aliphatic carbocycles. The van der Waals surface area contributed by atoms with Gasteiger partial charge in [0.2, 0.25) is 5.95 Å². The number of hydrogen-bond acceptors (Lipinski definition) is 3. The van der Waals surface area contributed by atoms with Crippen LogP contribution < -0.4 is 0 Å². The average molecular weight is 428 g/mol. The number of hydrogen-bond donors (Lipinski definition) is 0. The van der Waals surface area contributed by atoms with E-state index in [1.165, 1.54) is 5.39 Å². The molecule has 0 unspecified atom stereocenters. The zero-order valence-electron chi connectivity index (χ0n) is 18.2. The Morgan fingerprint density at radius 3 is 2.33 bits per heavy atom. The first-order valence-electron chi connectivity index (χ1n) is 10.9. The van der Waals surface area contributed by atoms with Gasteiger partial charge in [-0.25, -0.2) is 15.0 Å². The minimum Gasteiger partial charge on any atom is -0.294 e. The molecule has 158 valence electrons. The average Bonchev–Trinajstić information content (AvgIpc) is 3.37. The predicted octanol–water partition coefficient (Wildman–Crippen LogP) is 6.76. The highest BCUT2D eigenvalue weighted by molar-refractivity contribution is 6.26. The van der Waals surface area contributed by atoms with Crippen molar-refractivity contribution in [2.24, 2.45) is 4.99 Å². The Morgan fingerprint density at radius 1 is 0.818 bits per heavy atom. The zero-order valence-corrected chi connectivity index (χ0v) is 18.2. The molecule has 0 amide bonds. The fraction of sp³-hybridized carbons (Fsp3) is 0.0357. The standard InChI is InChI=1S/C28H21N5/c1-3-4-16-29-19(2)32-23-12-7-5-10-20(23)21-14-15-25-26(27(21)32)22-11-6-8-13-24(22)33(25)28-30-17-9-18-31-28/h3-18H,2H2,1H3/b4-3-,29-16-. The molecule has 5 nitrogen and oxygen atoms in total. The van der Waals surface area contributed by atoms with Gasteiger partial charge in [-0.3, -0.25) is 9.13 Å². The molecule has 6 rings (SSSR count). The highest BCUT2D eigenvalue weighted by Crippen LogP contribution is 2.41. The van der Waals surface area contributed by atoms with Gasteiger partial charge in [-0.1, -0.05) is 55.1 Å². The molecule has 0 fully saturated rings. The molecule has 0 N–H and O–H groups in total. The van der Waals surface area contributed by atoms with Gasteiger partial charge < -0.3 is 0 Å². The van der Waals surface area contributed by atoms with Crippen LogP contribution in [0.3, 0.4) is 0 Å². The van der Waals surface area contributed by atoms with Crippen LogP contribution in [0, 0.1) is 0 Å². The maximum absolute atomic E-state index is 4.63. The second-order valence-corrected chi connectivity index (χ2v) is 7.83. The fourth-order valence-electron chi connectivity index (χ4n) is 4.67. The van der Waals surface area contributed by atoms with E-state index in [1.807, 2.05) is 31.2 Å². The molecular formula is C28H21N5. The maximum Gasteiger partial charge on any atom is 0.234 e. The lowest BCUT2D eigenvalue weighted by Crippen LogP contribution is -1.99. The Hall–Kier alpha value is -4.51. The lowest BCUT2D eigenvalue weighted by atomic mass is 10.1. The van der Waals surface area contributed by atoms with E-state index in [1.54, 1.807) is 18.6 Å². The third-order valence-electron chi connectivity index (χ3n) is 5.98. The summed E-state index contributed by atoms with van der Waals surface area (Å²) in [6, 6.07) is 23.0. The van der Waals surface area contributed by atoms with Gasteiger partial charge in [0.25, 0.3) is 0 Å². The lowest BCUT2D eigenvalue weighted by Gasteiger charge is -2.08. The van der Waals surface area contributed by atoms with Crippen molar-refractivity contribution in [2.75, 3.05) is 0 Å². The molecule has 33 heavy (non-hydrogen) atoms. The van der Waals surface area contributed by atoms with Crippen molar-refractivity contribution in [2.45, 2.75) is 6.92 Å². The molecule has 3 heterocycles. The van der Waals surface area contributed by atoms with Gasteiger partial charge >= 0.3 is 0 Å². The van der Waals surface area contributed by atoms with Crippen LogP contribution in [0.2, 0.25) is 0 Å². The van der Waals surface area contributed by atoms with Crippen molar-refractivity contribution in [3.05, 3.63) is 97.9 Å².